The fourth-order valence-corrected chi connectivity index (χ4v) is 0.765. The van der Waals surface area contributed by atoms with Gasteiger partial charge in [0.25, 0.3) is 5.91 Å². The topological polar surface area (TPSA) is 77.0 Å². The minimum atomic E-state index is -0.604. The number of hydrogen-bond acceptors (Lipinski definition) is 4. The molecule has 0 aliphatic rings. The molecule has 1 aromatic heterocycles. The molecule has 0 bridgehead atoms. The number of nitrogens with zero attached hydrogens (tertiary/aromatic N) is 4. The molecule has 0 aliphatic carbocycles. The minimum absolute atomic E-state index is 0.0526. The van der Waals surface area contributed by atoms with Crippen molar-refractivity contribution in [2.24, 2.45) is 5.73 Å². The second-order valence-corrected chi connectivity index (χ2v) is 2.69. The van der Waals surface area contributed by atoms with Gasteiger partial charge in [0.15, 0.2) is 0 Å². The normalized spacial score (nSPS) is 10.6. The molecule has 1 aromatic rings. The van der Waals surface area contributed by atoms with Crippen molar-refractivity contribution in [3.63, 3.8) is 0 Å². The lowest BCUT2D eigenvalue weighted by Crippen LogP contribution is -2.18. The molecule has 0 aromatic carbocycles. The highest BCUT2D eigenvalue weighted by Crippen LogP contribution is 1.89. The van der Waals surface area contributed by atoms with Crippen molar-refractivity contribution in [2.75, 3.05) is 14.1 Å². The minimum Gasteiger partial charge on any atom is -0.363 e. The SMILES string of the molecule is CN(C)Cn1cnc(C(N)=O)n1. The lowest BCUT2D eigenvalue weighted by Gasteiger charge is -2.07. The molecule has 0 fully saturated rings. The fraction of sp³-hybridized carbons (Fsp3) is 0.500. The molecule has 0 saturated heterocycles. The molecule has 0 atom stereocenters. The van der Waals surface area contributed by atoms with Gasteiger partial charge in [-0.2, -0.15) is 0 Å². The van der Waals surface area contributed by atoms with Crippen LogP contribution in [0.4, 0.5) is 0 Å². The number of aromatic nitrogens is 3. The summed E-state index contributed by atoms with van der Waals surface area (Å²) in [4.78, 5) is 16.2. The first-order valence-electron chi connectivity index (χ1n) is 3.43. The number of hydrogen-bond donors (Lipinski definition) is 1. The highest BCUT2D eigenvalue weighted by atomic mass is 16.1. The quantitative estimate of drug-likeness (QED) is 0.622. The van der Waals surface area contributed by atoms with E-state index in [2.05, 4.69) is 10.1 Å². The number of rotatable bonds is 3. The van der Waals surface area contributed by atoms with Crippen LogP contribution in [0.2, 0.25) is 0 Å². The molecule has 0 saturated carbocycles. The molecular weight excluding hydrogens is 158 g/mol. The zero-order chi connectivity index (χ0) is 9.14. The molecule has 0 spiro atoms. The van der Waals surface area contributed by atoms with Crippen LogP contribution in [0, 0.1) is 0 Å². The lowest BCUT2D eigenvalue weighted by molar-refractivity contribution is 0.0989. The van der Waals surface area contributed by atoms with Gasteiger partial charge in [-0.1, -0.05) is 0 Å². The van der Waals surface area contributed by atoms with Gasteiger partial charge in [-0.3, -0.25) is 9.69 Å². The van der Waals surface area contributed by atoms with Crippen LogP contribution >= 0.6 is 0 Å². The van der Waals surface area contributed by atoms with Crippen molar-refractivity contribution in [3.05, 3.63) is 12.2 Å². The van der Waals surface area contributed by atoms with E-state index in [1.54, 1.807) is 4.68 Å². The summed E-state index contributed by atoms with van der Waals surface area (Å²) in [5.74, 6) is -0.552. The third-order valence-corrected chi connectivity index (χ3v) is 1.18. The Hall–Kier alpha value is -1.43. The lowest BCUT2D eigenvalue weighted by atomic mass is 10.6. The first-order chi connectivity index (χ1) is 5.59. The van der Waals surface area contributed by atoms with Crippen molar-refractivity contribution in [1.82, 2.24) is 19.7 Å². The standard InChI is InChI=1S/C6H11N5O/c1-10(2)4-11-3-8-6(9-11)5(7)12/h3H,4H2,1-2H3,(H2,7,12). The fourth-order valence-electron chi connectivity index (χ4n) is 0.765. The Morgan fingerprint density at radius 3 is 2.83 bits per heavy atom. The summed E-state index contributed by atoms with van der Waals surface area (Å²) in [5, 5.41) is 3.84. The maximum absolute atomic E-state index is 10.6. The zero-order valence-corrected chi connectivity index (χ0v) is 7.06. The molecule has 1 rings (SSSR count). The molecule has 1 amide bonds. The van der Waals surface area contributed by atoms with Crippen LogP contribution in [0.5, 0.6) is 0 Å². The maximum atomic E-state index is 10.6. The van der Waals surface area contributed by atoms with Crippen molar-refractivity contribution in [3.8, 4) is 0 Å². The van der Waals surface area contributed by atoms with E-state index >= 15 is 0 Å². The third kappa shape index (κ3) is 2.03. The van der Waals surface area contributed by atoms with Crippen LogP contribution in [0.3, 0.4) is 0 Å². The van der Waals surface area contributed by atoms with Gasteiger partial charge < -0.3 is 5.73 Å². The Kier molecular flexibility index (Phi) is 2.39. The second-order valence-electron chi connectivity index (χ2n) is 2.69. The summed E-state index contributed by atoms with van der Waals surface area (Å²) in [6.45, 7) is 0.584. The first kappa shape index (κ1) is 8.66. The van der Waals surface area contributed by atoms with Gasteiger partial charge in [-0.25, -0.2) is 9.67 Å². The highest BCUT2D eigenvalue weighted by molar-refractivity contribution is 5.88. The maximum Gasteiger partial charge on any atom is 0.288 e. The third-order valence-electron chi connectivity index (χ3n) is 1.18. The van der Waals surface area contributed by atoms with Gasteiger partial charge in [-0.05, 0) is 14.1 Å². The number of nitrogens with two attached hydrogens (primary N) is 1. The summed E-state index contributed by atoms with van der Waals surface area (Å²) >= 11 is 0. The second kappa shape index (κ2) is 3.31. The van der Waals surface area contributed by atoms with Gasteiger partial charge in [0.1, 0.15) is 6.33 Å². The van der Waals surface area contributed by atoms with E-state index < -0.39 is 5.91 Å². The van der Waals surface area contributed by atoms with Crippen LogP contribution in [-0.4, -0.2) is 39.7 Å². The summed E-state index contributed by atoms with van der Waals surface area (Å²) < 4.78 is 1.54. The van der Waals surface area contributed by atoms with Crippen molar-refractivity contribution in [1.29, 1.82) is 0 Å². The van der Waals surface area contributed by atoms with Crippen LogP contribution in [0.15, 0.2) is 6.33 Å². The van der Waals surface area contributed by atoms with Crippen LogP contribution in [-0.2, 0) is 6.67 Å². The Labute approximate surface area is 70.0 Å². The molecule has 0 aliphatic heterocycles. The molecule has 66 valence electrons. The molecular formula is C6H11N5O. The monoisotopic (exact) mass is 169 g/mol. The molecule has 0 unspecified atom stereocenters. The van der Waals surface area contributed by atoms with Crippen LogP contribution in [0.25, 0.3) is 0 Å². The number of carbonyl (C=O) groups is 1. The van der Waals surface area contributed by atoms with Gasteiger partial charge in [0.05, 0.1) is 6.67 Å². The van der Waals surface area contributed by atoms with Gasteiger partial charge >= 0.3 is 0 Å². The Bertz CT molecular complexity index is 279. The average Bonchev–Trinajstić information content (AvgIpc) is 2.34. The average molecular weight is 169 g/mol. The van der Waals surface area contributed by atoms with Crippen molar-refractivity contribution in [2.45, 2.75) is 6.67 Å². The van der Waals surface area contributed by atoms with Crippen LogP contribution < -0.4 is 5.73 Å². The molecule has 6 heteroatoms. The largest absolute Gasteiger partial charge is 0.363 e. The number of primary amides is 1. The Balaban J connectivity index is 2.71. The van der Waals surface area contributed by atoms with Crippen molar-refractivity contribution >= 4 is 5.91 Å². The first-order valence-corrected chi connectivity index (χ1v) is 3.43. The van der Waals surface area contributed by atoms with E-state index in [9.17, 15) is 4.79 Å². The van der Waals surface area contributed by atoms with Crippen LogP contribution in [0.1, 0.15) is 10.6 Å². The van der Waals surface area contributed by atoms with Gasteiger partial charge in [0, 0.05) is 0 Å². The number of amides is 1. The summed E-state index contributed by atoms with van der Waals surface area (Å²) in [6, 6.07) is 0. The summed E-state index contributed by atoms with van der Waals surface area (Å²) in [5.41, 5.74) is 4.97. The Morgan fingerprint density at radius 1 is 1.75 bits per heavy atom. The van der Waals surface area contributed by atoms with E-state index in [0.717, 1.165) is 0 Å². The summed E-state index contributed by atoms with van der Waals surface area (Å²) in [6.07, 6.45) is 1.47. The van der Waals surface area contributed by atoms with E-state index in [1.807, 2.05) is 19.0 Å². The van der Waals surface area contributed by atoms with Crippen molar-refractivity contribution < 1.29 is 4.79 Å². The van der Waals surface area contributed by atoms with E-state index in [-0.39, 0.29) is 5.82 Å². The summed E-state index contributed by atoms with van der Waals surface area (Å²) in [7, 11) is 3.79. The highest BCUT2D eigenvalue weighted by Gasteiger charge is 2.05. The Morgan fingerprint density at radius 2 is 2.42 bits per heavy atom. The predicted octanol–water partition coefficient (Wildman–Crippen LogP) is -1.10. The van der Waals surface area contributed by atoms with E-state index in [1.165, 1.54) is 6.33 Å². The molecule has 2 N–H and O–H groups in total. The van der Waals surface area contributed by atoms with Gasteiger partial charge in [0.2, 0.25) is 5.82 Å². The molecule has 0 radical (unpaired) electrons. The molecule has 6 nitrogen and oxygen atoms in total. The predicted molar refractivity (Wildman–Crippen MR) is 42.2 cm³/mol. The van der Waals surface area contributed by atoms with E-state index in [0.29, 0.717) is 6.67 Å². The zero-order valence-electron chi connectivity index (χ0n) is 7.06. The van der Waals surface area contributed by atoms with E-state index in [4.69, 9.17) is 5.73 Å². The smallest absolute Gasteiger partial charge is 0.288 e. The number of carbonyl (C=O) groups excluding carboxylic acids is 1. The molecule has 12 heavy (non-hydrogen) atoms. The van der Waals surface area contributed by atoms with Gasteiger partial charge in [-0.15, -0.1) is 5.10 Å². The molecule has 1 heterocycles.